The minimum atomic E-state index is -0.353. The number of halogens is 1. The Kier molecular flexibility index (Phi) is 4.00. The molecule has 0 bridgehead atoms. The zero-order valence-corrected chi connectivity index (χ0v) is 8.53. The van der Waals surface area contributed by atoms with Crippen LogP contribution in [-0.2, 0) is 9.53 Å². The van der Waals surface area contributed by atoms with Crippen molar-refractivity contribution in [1.82, 2.24) is 5.32 Å². The Morgan fingerprint density at radius 2 is 2.00 bits per heavy atom. The number of carbonyl (C=O) groups excluding carboxylic acids is 1. The lowest BCUT2D eigenvalue weighted by Gasteiger charge is -2.29. The van der Waals surface area contributed by atoms with Gasteiger partial charge >= 0.3 is 5.97 Å². The van der Waals surface area contributed by atoms with E-state index in [4.69, 9.17) is 4.74 Å². The van der Waals surface area contributed by atoms with E-state index < -0.39 is 0 Å². The molecule has 72 valence electrons. The average molecular weight is 194 g/mol. The Morgan fingerprint density at radius 3 is 2.25 bits per heavy atom. The average Bonchev–Trinajstić information content (AvgIpc) is 1.50. The lowest BCUT2D eigenvalue weighted by molar-refractivity contribution is -0.159. The molecule has 1 heterocycles. The molecule has 0 spiro atoms. The standard InChI is InChI=1S/C8H15NO2.ClH/c1-8(2,3)11-7(10)6-4-5-9-6;/h6,9H,4-5H2,1-3H3;1H/t6-;/m0./s1. The maximum absolute atomic E-state index is 11.2. The van der Waals surface area contributed by atoms with Crippen molar-refractivity contribution < 1.29 is 9.53 Å². The molecule has 12 heavy (non-hydrogen) atoms. The number of carbonyl (C=O) groups is 1. The molecular formula is C8H16ClNO2. The van der Waals surface area contributed by atoms with Gasteiger partial charge < -0.3 is 10.1 Å². The van der Waals surface area contributed by atoms with E-state index in [1.165, 1.54) is 0 Å². The molecule has 0 aromatic rings. The molecule has 4 heteroatoms. The maximum Gasteiger partial charge on any atom is 0.323 e. The monoisotopic (exact) mass is 193 g/mol. The molecule has 1 aliphatic heterocycles. The Hall–Kier alpha value is -0.280. The summed E-state index contributed by atoms with van der Waals surface area (Å²) in [6.07, 6.45) is 0.912. The lowest BCUT2D eigenvalue weighted by Crippen LogP contribution is -2.50. The molecule has 0 saturated carbocycles. The van der Waals surface area contributed by atoms with Crippen LogP contribution in [0.15, 0.2) is 0 Å². The molecule has 1 saturated heterocycles. The van der Waals surface area contributed by atoms with E-state index in [-0.39, 0.29) is 30.0 Å². The van der Waals surface area contributed by atoms with E-state index in [9.17, 15) is 4.79 Å². The van der Waals surface area contributed by atoms with Crippen molar-refractivity contribution in [3.63, 3.8) is 0 Å². The summed E-state index contributed by atoms with van der Waals surface area (Å²) in [5.41, 5.74) is -0.353. The van der Waals surface area contributed by atoms with Gasteiger partial charge in [-0.25, -0.2) is 0 Å². The number of ether oxygens (including phenoxy) is 1. The van der Waals surface area contributed by atoms with E-state index in [1.54, 1.807) is 0 Å². The predicted octanol–water partition coefficient (Wildman–Crippen LogP) is 1.11. The summed E-state index contributed by atoms with van der Waals surface area (Å²) >= 11 is 0. The quantitative estimate of drug-likeness (QED) is 0.635. The van der Waals surface area contributed by atoms with Crippen molar-refractivity contribution >= 4 is 18.4 Å². The summed E-state index contributed by atoms with van der Waals surface area (Å²) in [6, 6.07) is -0.0470. The SMILES string of the molecule is CC(C)(C)OC(=O)[C@@H]1CCN1.Cl. The van der Waals surface area contributed by atoms with Crippen LogP contribution in [0.25, 0.3) is 0 Å². The molecule has 0 amide bonds. The van der Waals surface area contributed by atoms with Crippen LogP contribution in [0.3, 0.4) is 0 Å². The molecule has 0 aromatic heterocycles. The van der Waals surface area contributed by atoms with E-state index >= 15 is 0 Å². The van der Waals surface area contributed by atoms with Crippen LogP contribution in [0.2, 0.25) is 0 Å². The van der Waals surface area contributed by atoms with E-state index in [0.29, 0.717) is 0 Å². The van der Waals surface area contributed by atoms with Crippen molar-refractivity contribution in [3.8, 4) is 0 Å². The lowest BCUT2D eigenvalue weighted by atomic mass is 10.1. The normalized spacial score (nSPS) is 22.1. The Bertz CT molecular complexity index is 161. The molecular weight excluding hydrogens is 178 g/mol. The van der Waals surface area contributed by atoms with Crippen LogP contribution in [0.1, 0.15) is 27.2 Å². The second-order valence-electron chi connectivity index (χ2n) is 3.83. The van der Waals surface area contributed by atoms with Gasteiger partial charge in [0.15, 0.2) is 0 Å². The third-order valence-corrected chi connectivity index (χ3v) is 1.52. The molecule has 0 unspecified atom stereocenters. The highest BCUT2D eigenvalue weighted by atomic mass is 35.5. The van der Waals surface area contributed by atoms with Gasteiger partial charge in [0.25, 0.3) is 0 Å². The topological polar surface area (TPSA) is 38.3 Å². The smallest absolute Gasteiger partial charge is 0.323 e. The first-order chi connectivity index (χ1) is 4.99. The number of hydrogen-bond donors (Lipinski definition) is 1. The molecule has 0 radical (unpaired) electrons. The maximum atomic E-state index is 11.2. The fourth-order valence-electron chi connectivity index (χ4n) is 0.863. The van der Waals surface area contributed by atoms with Crippen LogP contribution in [0.4, 0.5) is 0 Å². The van der Waals surface area contributed by atoms with Crippen molar-refractivity contribution in [1.29, 1.82) is 0 Å². The minimum Gasteiger partial charge on any atom is -0.459 e. The van der Waals surface area contributed by atoms with E-state index in [0.717, 1.165) is 13.0 Å². The van der Waals surface area contributed by atoms with Gasteiger partial charge in [0.05, 0.1) is 0 Å². The fourth-order valence-corrected chi connectivity index (χ4v) is 0.863. The van der Waals surface area contributed by atoms with Gasteiger partial charge in [-0.05, 0) is 33.7 Å². The van der Waals surface area contributed by atoms with Gasteiger partial charge in [0.1, 0.15) is 11.6 Å². The Labute approximate surface area is 79.3 Å². The van der Waals surface area contributed by atoms with Crippen molar-refractivity contribution in [2.45, 2.75) is 38.8 Å². The van der Waals surface area contributed by atoms with Crippen LogP contribution in [0.5, 0.6) is 0 Å². The highest BCUT2D eigenvalue weighted by Crippen LogP contribution is 2.12. The number of hydrogen-bond acceptors (Lipinski definition) is 3. The van der Waals surface area contributed by atoms with Gasteiger partial charge in [-0.3, -0.25) is 4.79 Å². The molecule has 1 atom stereocenters. The molecule has 0 aliphatic carbocycles. The highest BCUT2D eigenvalue weighted by Gasteiger charge is 2.29. The highest BCUT2D eigenvalue weighted by molar-refractivity contribution is 5.85. The zero-order valence-electron chi connectivity index (χ0n) is 7.72. The first-order valence-electron chi connectivity index (χ1n) is 3.95. The predicted molar refractivity (Wildman–Crippen MR) is 49.5 cm³/mol. The fraction of sp³-hybridized carbons (Fsp3) is 0.875. The summed E-state index contributed by atoms with van der Waals surface area (Å²) in [5, 5.41) is 2.99. The van der Waals surface area contributed by atoms with Crippen LogP contribution in [-0.4, -0.2) is 24.2 Å². The number of nitrogens with one attached hydrogen (secondary N) is 1. The molecule has 1 N–H and O–H groups in total. The Balaban J connectivity index is 0.00000121. The minimum absolute atomic E-state index is 0. The summed E-state index contributed by atoms with van der Waals surface area (Å²) in [6.45, 7) is 6.57. The van der Waals surface area contributed by atoms with Gasteiger partial charge in [0, 0.05) is 0 Å². The van der Waals surface area contributed by atoms with Crippen LogP contribution >= 0.6 is 12.4 Å². The first-order valence-corrected chi connectivity index (χ1v) is 3.95. The summed E-state index contributed by atoms with van der Waals surface area (Å²) < 4.78 is 5.14. The van der Waals surface area contributed by atoms with Gasteiger partial charge in [-0.1, -0.05) is 0 Å². The van der Waals surface area contributed by atoms with Crippen LogP contribution < -0.4 is 5.32 Å². The van der Waals surface area contributed by atoms with Gasteiger partial charge in [-0.15, -0.1) is 12.4 Å². The first kappa shape index (κ1) is 11.7. The van der Waals surface area contributed by atoms with Crippen molar-refractivity contribution in [2.24, 2.45) is 0 Å². The number of rotatable bonds is 1. The Morgan fingerprint density at radius 1 is 1.50 bits per heavy atom. The van der Waals surface area contributed by atoms with Crippen molar-refractivity contribution in [3.05, 3.63) is 0 Å². The molecule has 0 aromatic carbocycles. The largest absolute Gasteiger partial charge is 0.459 e. The summed E-state index contributed by atoms with van der Waals surface area (Å²) in [5.74, 6) is -0.122. The summed E-state index contributed by atoms with van der Waals surface area (Å²) in [4.78, 5) is 11.2. The molecule has 3 nitrogen and oxygen atoms in total. The molecule has 1 rings (SSSR count). The number of esters is 1. The second-order valence-corrected chi connectivity index (χ2v) is 3.83. The third kappa shape index (κ3) is 3.41. The van der Waals surface area contributed by atoms with E-state index in [2.05, 4.69) is 5.32 Å². The van der Waals surface area contributed by atoms with Gasteiger partial charge in [-0.2, -0.15) is 0 Å². The second kappa shape index (κ2) is 4.10. The molecule has 1 fully saturated rings. The van der Waals surface area contributed by atoms with Gasteiger partial charge in [0.2, 0.25) is 0 Å². The van der Waals surface area contributed by atoms with Crippen molar-refractivity contribution in [2.75, 3.05) is 6.54 Å². The summed E-state index contributed by atoms with van der Waals surface area (Å²) in [7, 11) is 0. The zero-order chi connectivity index (χ0) is 8.48. The molecule has 1 aliphatic rings. The van der Waals surface area contributed by atoms with E-state index in [1.807, 2.05) is 20.8 Å². The third-order valence-electron chi connectivity index (χ3n) is 1.52. The van der Waals surface area contributed by atoms with Crippen LogP contribution in [0, 0.1) is 0 Å².